The van der Waals surface area contributed by atoms with E-state index in [4.69, 9.17) is 4.74 Å². The van der Waals surface area contributed by atoms with E-state index in [0.29, 0.717) is 6.61 Å². The first-order valence-corrected chi connectivity index (χ1v) is 6.57. The predicted octanol–water partition coefficient (Wildman–Crippen LogP) is 3.71. The lowest BCUT2D eigenvalue weighted by atomic mass is 10.1. The Morgan fingerprint density at radius 3 is 2.68 bits per heavy atom. The summed E-state index contributed by atoms with van der Waals surface area (Å²) >= 11 is 0. The molecule has 0 spiro atoms. The van der Waals surface area contributed by atoms with Gasteiger partial charge in [0.05, 0.1) is 12.8 Å². The lowest BCUT2D eigenvalue weighted by Crippen LogP contribution is -2.01. The highest BCUT2D eigenvalue weighted by molar-refractivity contribution is 5.48. The van der Waals surface area contributed by atoms with Crippen LogP contribution >= 0.6 is 0 Å². The Hall–Kier alpha value is -2.03. The third-order valence-electron chi connectivity index (χ3n) is 3.08. The van der Waals surface area contributed by atoms with E-state index >= 15 is 0 Å². The Kier molecular flexibility index (Phi) is 4.39. The summed E-state index contributed by atoms with van der Waals surface area (Å²) in [4.78, 5) is 4.18. The monoisotopic (exact) mass is 256 g/mol. The number of ether oxygens (including phenoxy) is 1. The Labute approximate surface area is 114 Å². The molecule has 0 unspecified atom stereocenters. The second-order valence-electron chi connectivity index (χ2n) is 4.61. The minimum Gasteiger partial charge on any atom is -0.492 e. The maximum Gasteiger partial charge on any atom is 0.137 e. The third kappa shape index (κ3) is 3.71. The fraction of sp³-hybridized carbons (Fsp3) is 0.312. The zero-order valence-corrected chi connectivity index (χ0v) is 11.7. The molecule has 2 aromatic rings. The summed E-state index contributed by atoms with van der Waals surface area (Å²) in [7, 11) is 0. The molecular weight excluding hydrogens is 236 g/mol. The SMILES string of the molecule is CCOc1cncc(CNc2ccc(C)c(C)c2)c1. The van der Waals surface area contributed by atoms with Crippen molar-refractivity contribution >= 4 is 5.69 Å². The number of pyridine rings is 1. The van der Waals surface area contributed by atoms with Crippen molar-refractivity contribution in [2.75, 3.05) is 11.9 Å². The van der Waals surface area contributed by atoms with Gasteiger partial charge in [-0.15, -0.1) is 0 Å². The van der Waals surface area contributed by atoms with Crippen molar-refractivity contribution in [1.82, 2.24) is 4.98 Å². The van der Waals surface area contributed by atoms with Crippen LogP contribution in [0.1, 0.15) is 23.6 Å². The summed E-state index contributed by atoms with van der Waals surface area (Å²) in [6.45, 7) is 7.62. The van der Waals surface area contributed by atoms with Crippen LogP contribution in [0.2, 0.25) is 0 Å². The molecule has 0 aliphatic heterocycles. The molecule has 3 heteroatoms. The fourth-order valence-electron chi connectivity index (χ4n) is 1.86. The smallest absolute Gasteiger partial charge is 0.137 e. The van der Waals surface area contributed by atoms with Crippen molar-refractivity contribution in [3.05, 3.63) is 53.3 Å². The highest BCUT2D eigenvalue weighted by atomic mass is 16.5. The fourth-order valence-corrected chi connectivity index (χ4v) is 1.86. The molecule has 0 amide bonds. The highest BCUT2D eigenvalue weighted by Crippen LogP contribution is 2.16. The first kappa shape index (κ1) is 13.4. The van der Waals surface area contributed by atoms with Crippen molar-refractivity contribution in [2.24, 2.45) is 0 Å². The van der Waals surface area contributed by atoms with Crippen molar-refractivity contribution in [1.29, 1.82) is 0 Å². The Bertz CT molecular complexity index is 552. The second kappa shape index (κ2) is 6.23. The Morgan fingerprint density at radius 2 is 1.95 bits per heavy atom. The van der Waals surface area contributed by atoms with E-state index in [9.17, 15) is 0 Å². The van der Waals surface area contributed by atoms with E-state index in [1.54, 1.807) is 6.20 Å². The lowest BCUT2D eigenvalue weighted by Gasteiger charge is -2.09. The van der Waals surface area contributed by atoms with Crippen LogP contribution in [0.25, 0.3) is 0 Å². The van der Waals surface area contributed by atoms with Crippen molar-refractivity contribution < 1.29 is 4.74 Å². The molecule has 19 heavy (non-hydrogen) atoms. The van der Waals surface area contributed by atoms with Gasteiger partial charge in [-0.05, 0) is 55.7 Å². The van der Waals surface area contributed by atoms with Gasteiger partial charge in [0.2, 0.25) is 0 Å². The molecule has 0 fully saturated rings. The summed E-state index contributed by atoms with van der Waals surface area (Å²) in [6.07, 6.45) is 3.60. The standard InChI is InChI=1S/C16H20N2O/c1-4-19-16-8-14(9-17-11-16)10-18-15-6-5-12(2)13(3)7-15/h5-9,11,18H,4,10H2,1-3H3. The van der Waals surface area contributed by atoms with Gasteiger partial charge in [0, 0.05) is 18.4 Å². The van der Waals surface area contributed by atoms with Crippen LogP contribution in [0, 0.1) is 13.8 Å². The summed E-state index contributed by atoms with van der Waals surface area (Å²) in [5.74, 6) is 0.821. The largest absolute Gasteiger partial charge is 0.492 e. The molecule has 3 nitrogen and oxygen atoms in total. The summed E-state index contributed by atoms with van der Waals surface area (Å²) in [5.41, 5.74) is 4.85. The number of nitrogens with one attached hydrogen (secondary N) is 1. The van der Waals surface area contributed by atoms with E-state index in [0.717, 1.165) is 23.5 Å². The van der Waals surface area contributed by atoms with E-state index < -0.39 is 0 Å². The van der Waals surface area contributed by atoms with Gasteiger partial charge >= 0.3 is 0 Å². The molecule has 1 aromatic heterocycles. The number of benzene rings is 1. The average Bonchev–Trinajstić information content (AvgIpc) is 2.41. The molecule has 1 N–H and O–H groups in total. The van der Waals surface area contributed by atoms with E-state index in [-0.39, 0.29) is 0 Å². The van der Waals surface area contributed by atoms with Crippen molar-refractivity contribution in [2.45, 2.75) is 27.3 Å². The minimum atomic E-state index is 0.662. The maximum atomic E-state index is 5.44. The highest BCUT2D eigenvalue weighted by Gasteiger charge is 1.99. The number of aromatic nitrogens is 1. The van der Waals surface area contributed by atoms with Gasteiger partial charge in [0.1, 0.15) is 5.75 Å². The number of rotatable bonds is 5. The molecule has 0 saturated carbocycles. The number of aryl methyl sites for hydroxylation is 2. The van der Waals surface area contributed by atoms with Crippen LogP contribution in [-0.2, 0) is 6.54 Å². The lowest BCUT2D eigenvalue weighted by molar-refractivity contribution is 0.338. The zero-order valence-electron chi connectivity index (χ0n) is 11.7. The molecular formula is C16H20N2O. The molecule has 0 bridgehead atoms. The molecule has 2 rings (SSSR count). The van der Waals surface area contributed by atoms with E-state index in [1.165, 1.54) is 11.1 Å². The molecule has 0 aliphatic carbocycles. The summed E-state index contributed by atoms with van der Waals surface area (Å²) in [6, 6.07) is 8.41. The Morgan fingerprint density at radius 1 is 1.11 bits per heavy atom. The molecule has 0 aliphatic rings. The predicted molar refractivity (Wildman–Crippen MR) is 78.6 cm³/mol. The number of nitrogens with zero attached hydrogens (tertiary/aromatic N) is 1. The first-order valence-electron chi connectivity index (χ1n) is 6.57. The van der Waals surface area contributed by atoms with Crippen molar-refractivity contribution in [3.63, 3.8) is 0 Å². The average molecular weight is 256 g/mol. The number of hydrogen-bond acceptors (Lipinski definition) is 3. The van der Waals surface area contributed by atoms with Crippen LogP contribution in [0.15, 0.2) is 36.7 Å². The third-order valence-corrected chi connectivity index (χ3v) is 3.08. The maximum absolute atomic E-state index is 5.44. The van der Waals surface area contributed by atoms with Gasteiger partial charge in [-0.3, -0.25) is 4.98 Å². The van der Waals surface area contributed by atoms with Gasteiger partial charge in [0.25, 0.3) is 0 Å². The quantitative estimate of drug-likeness (QED) is 0.885. The Balaban J connectivity index is 2.01. The summed E-state index contributed by atoms with van der Waals surface area (Å²) < 4.78 is 5.44. The van der Waals surface area contributed by atoms with Gasteiger partial charge in [-0.25, -0.2) is 0 Å². The van der Waals surface area contributed by atoms with Gasteiger partial charge in [-0.1, -0.05) is 6.07 Å². The molecule has 0 radical (unpaired) electrons. The zero-order chi connectivity index (χ0) is 13.7. The number of hydrogen-bond donors (Lipinski definition) is 1. The van der Waals surface area contributed by atoms with Crippen LogP contribution in [0.3, 0.4) is 0 Å². The van der Waals surface area contributed by atoms with Crippen LogP contribution < -0.4 is 10.1 Å². The summed E-state index contributed by atoms with van der Waals surface area (Å²) in [5, 5.41) is 3.40. The molecule has 0 atom stereocenters. The molecule has 0 saturated heterocycles. The van der Waals surface area contributed by atoms with Crippen LogP contribution in [0.4, 0.5) is 5.69 Å². The van der Waals surface area contributed by atoms with Crippen LogP contribution in [0.5, 0.6) is 5.75 Å². The molecule has 100 valence electrons. The molecule has 1 aromatic carbocycles. The molecule has 1 heterocycles. The second-order valence-corrected chi connectivity index (χ2v) is 4.61. The first-order chi connectivity index (χ1) is 9.19. The van der Waals surface area contributed by atoms with E-state index in [2.05, 4.69) is 42.3 Å². The van der Waals surface area contributed by atoms with Gasteiger partial charge in [0.15, 0.2) is 0 Å². The van der Waals surface area contributed by atoms with Gasteiger partial charge < -0.3 is 10.1 Å². The van der Waals surface area contributed by atoms with Crippen molar-refractivity contribution in [3.8, 4) is 5.75 Å². The van der Waals surface area contributed by atoms with E-state index in [1.807, 2.05) is 19.2 Å². The number of anilines is 1. The van der Waals surface area contributed by atoms with Gasteiger partial charge in [-0.2, -0.15) is 0 Å². The topological polar surface area (TPSA) is 34.1 Å². The van der Waals surface area contributed by atoms with Crippen LogP contribution in [-0.4, -0.2) is 11.6 Å². The minimum absolute atomic E-state index is 0.662. The normalized spacial score (nSPS) is 10.3.